The molecular weight excluding hydrogens is 256 g/mol. The minimum atomic E-state index is -0.859. The third-order valence-electron chi connectivity index (χ3n) is 3.29. The molecule has 1 heterocycles. The number of carboxylic acids is 1. The van der Waals surface area contributed by atoms with E-state index in [0.717, 1.165) is 0 Å². The van der Waals surface area contributed by atoms with Crippen molar-refractivity contribution in [1.82, 2.24) is 0 Å². The van der Waals surface area contributed by atoms with Crippen LogP contribution in [-0.2, 0) is 4.79 Å². The monoisotopic (exact) mass is 270 g/mol. The van der Waals surface area contributed by atoms with Crippen LogP contribution < -0.4 is 9.47 Å². The first-order valence-electron chi connectivity index (χ1n) is 6.44. The molecule has 4 heteroatoms. The molecule has 1 aliphatic heterocycles. The molecule has 0 aromatic heterocycles. The summed E-state index contributed by atoms with van der Waals surface area (Å²) in [7, 11) is 0. The first kappa shape index (κ1) is 12.5. The third-order valence-corrected chi connectivity index (χ3v) is 3.29. The van der Waals surface area contributed by atoms with Gasteiger partial charge in [0.15, 0.2) is 0 Å². The predicted octanol–water partition coefficient (Wildman–Crippen LogP) is 3.04. The van der Waals surface area contributed by atoms with Crippen LogP contribution in [0.25, 0.3) is 0 Å². The number of hydrogen-bond acceptors (Lipinski definition) is 3. The second-order valence-corrected chi connectivity index (χ2v) is 4.64. The standard InChI is InChI=1S/C16H14O4/c17-16(18)13-10-15(19-11-6-2-1-3-7-11)20-14-9-5-4-8-12(13)14/h1-9,13,15H,10H2,(H,17,18). The highest BCUT2D eigenvalue weighted by Gasteiger charge is 2.33. The highest BCUT2D eigenvalue weighted by molar-refractivity contribution is 5.77. The van der Waals surface area contributed by atoms with Gasteiger partial charge in [-0.3, -0.25) is 4.79 Å². The molecular formula is C16H14O4. The van der Waals surface area contributed by atoms with E-state index < -0.39 is 18.2 Å². The molecule has 2 atom stereocenters. The number of fused-ring (bicyclic) bond motifs is 1. The first-order valence-corrected chi connectivity index (χ1v) is 6.44. The Kier molecular flexibility index (Phi) is 3.29. The summed E-state index contributed by atoms with van der Waals surface area (Å²) in [6.07, 6.45) is -0.297. The number of rotatable bonds is 3. The number of carbonyl (C=O) groups is 1. The van der Waals surface area contributed by atoms with Crippen LogP contribution in [0.3, 0.4) is 0 Å². The SMILES string of the molecule is O=C(O)C1CC(Oc2ccccc2)Oc2ccccc21. The second kappa shape index (κ2) is 5.25. The summed E-state index contributed by atoms with van der Waals surface area (Å²) in [5, 5.41) is 9.36. The Morgan fingerprint density at radius 3 is 2.55 bits per heavy atom. The van der Waals surface area contributed by atoms with Crippen molar-refractivity contribution >= 4 is 5.97 Å². The van der Waals surface area contributed by atoms with Gasteiger partial charge < -0.3 is 14.6 Å². The summed E-state index contributed by atoms with van der Waals surface area (Å²) >= 11 is 0. The Bertz CT molecular complexity index is 609. The Balaban J connectivity index is 1.85. The molecule has 0 spiro atoms. The molecule has 2 aromatic rings. The largest absolute Gasteiger partial charge is 0.481 e. The van der Waals surface area contributed by atoms with Crippen LogP contribution in [0.2, 0.25) is 0 Å². The molecule has 1 N–H and O–H groups in total. The summed E-state index contributed by atoms with van der Waals surface area (Å²) < 4.78 is 11.4. The van der Waals surface area contributed by atoms with Gasteiger partial charge in [-0.2, -0.15) is 0 Å². The van der Waals surface area contributed by atoms with E-state index >= 15 is 0 Å². The maximum atomic E-state index is 11.4. The quantitative estimate of drug-likeness (QED) is 0.931. The first-order chi connectivity index (χ1) is 9.74. The molecule has 0 radical (unpaired) electrons. The van der Waals surface area contributed by atoms with E-state index in [2.05, 4.69) is 0 Å². The van der Waals surface area contributed by atoms with Crippen LogP contribution in [0.4, 0.5) is 0 Å². The molecule has 0 saturated heterocycles. The van der Waals surface area contributed by atoms with Crippen LogP contribution in [0.1, 0.15) is 17.9 Å². The second-order valence-electron chi connectivity index (χ2n) is 4.64. The van der Waals surface area contributed by atoms with Crippen LogP contribution in [0.15, 0.2) is 54.6 Å². The number of carboxylic acid groups (broad SMARTS) is 1. The summed E-state index contributed by atoms with van der Waals surface area (Å²) in [5.74, 6) is -0.218. The van der Waals surface area contributed by atoms with Gasteiger partial charge in [0, 0.05) is 12.0 Å². The molecule has 20 heavy (non-hydrogen) atoms. The van der Waals surface area contributed by atoms with E-state index in [9.17, 15) is 9.90 Å². The summed E-state index contributed by atoms with van der Waals surface area (Å²) in [6, 6.07) is 16.4. The van der Waals surface area contributed by atoms with E-state index in [-0.39, 0.29) is 0 Å². The van der Waals surface area contributed by atoms with Gasteiger partial charge in [0.25, 0.3) is 0 Å². The predicted molar refractivity (Wildman–Crippen MR) is 72.9 cm³/mol. The molecule has 0 amide bonds. The van der Waals surface area contributed by atoms with Gasteiger partial charge >= 0.3 is 5.97 Å². The maximum absolute atomic E-state index is 11.4. The number of ether oxygens (including phenoxy) is 2. The van der Waals surface area contributed by atoms with Gasteiger partial charge in [-0.15, -0.1) is 0 Å². The summed E-state index contributed by atoms with van der Waals surface area (Å²) in [4.78, 5) is 11.4. The summed E-state index contributed by atoms with van der Waals surface area (Å²) in [6.45, 7) is 0. The zero-order chi connectivity index (χ0) is 13.9. The topological polar surface area (TPSA) is 55.8 Å². The molecule has 0 saturated carbocycles. The smallest absolute Gasteiger partial charge is 0.311 e. The minimum Gasteiger partial charge on any atom is -0.481 e. The lowest BCUT2D eigenvalue weighted by Crippen LogP contribution is -2.33. The van der Waals surface area contributed by atoms with E-state index in [1.165, 1.54) is 0 Å². The fraction of sp³-hybridized carbons (Fsp3) is 0.188. The highest BCUT2D eigenvalue weighted by Crippen LogP contribution is 2.36. The zero-order valence-electron chi connectivity index (χ0n) is 10.7. The van der Waals surface area contributed by atoms with Crippen molar-refractivity contribution in [1.29, 1.82) is 0 Å². The van der Waals surface area contributed by atoms with Crippen molar-refractivity contribution in [2.45, 2.75) is 18.6 Å². The van der Waals surface area contributed by atoms with Gasteiger partial charge in [-0.05, 0) is 18.2 Å². The van der Waals surface area contributed by atoms with Crippen LogP contribution >= 0.6 is 0 Å². The molecule has 0 bridgehead atoms. The Morgan fingerprint density at radius 2 is 1.80 bits per heavy atom. The molecule has 3 rings (SSSR count). The van der Waals surface area contributed by atoms with Crippen LogP contribution in [0.5, 0.6) is 11.5 Å². The van der Waals surface area contributed by atoms with Crippen molar-refractivity contribution in [2.75, 3.05) is 0 Å². The fourth-order valence-electron chi connectivity index (χ4n) is 2.34. The Labute approximate surface area is 116 Å². The molecule has 102 valence electrons. The van der Waals surface area contributed by atoms with Gasteiger partial charge in [-0.25, -0.2) is 0 Å². The molecule has 0 fully saturated rings. The van der Waals surface area contributed by atoms with Crippen molar-refractivity contribution in [3.05, 3.63) is 60.2 Å². The van der Waals surface area contributed by atoms with Crippen LogP contribution in [0, 0.1) is 0 Å². The zero-order valence-corrected chi connectivity index (χ0v) is 10.7. The molecule has 2 unspecified atom stereocenters. The number of benzene rings is 2. The minimum absolute atomic E-state index is 0.293. The van der Waals surface area contributed by atoms with Crippen molar-refractivity contribution in [3.8, 4) is 11.5 Å². The molecule has 1 aliphatic rings. The average Bonchev–Trinajstić information content (AvgIpc) is 2.47. The lowest BCUT2D eigenvalue weighted by atomic mass is 9.92. The van der Waals surface area contributed by atoms with Gasteiger partial charge in [-0.1, -0.05) is 36.4 Å². The molecule has 4 nitrogen and oxygen atoms in total. The van der Waals surface area contributed by atoms with Crippen molar-refractivity contribution in [3.63, 3.8) is 0 Å². The lowest BCUT2D eigenvalue weighted by molar-refractivity contribution is -0.141. The Morgan fingerprint density at radius 1 is 1.10 bits per heavy atom. The van der Waals surface area contributed by atoms with E-state index in [0.29, 0.717) is 23.5 Å². The fourth-order valence-corrected chi connectivity index (χ4v) is 2.34. The normalized spacial score (nSPS) is 20.6. The Hall–Kier alpha value is -2.49. The maximum Gasteiger partial charge on any atom is 0.311 e. The molecule has 2 aromatic carbocycles. The van der Waals surface area contributed by atoms with Crippen molar-refractivity contribution in [2.24, 2.45) is 0 Å². The lowest BCUT2D eigenvalue weighted by Gasteiger charge is -2.30. The highest BCUT2D eigenvalue weighted by atomic mass is 16.7. The van der Waals surface area contributed by atoms with E-state index in [1.807, 2.05) is 42.5 Å². The van der Waals surface area contributed by atoms with E-state index in [4.69, 9.17) is 9.47 Å². The van der Waals surface area contributed by atoms with Crippen LogP contribution in [-0.4, -0.2) is 17.4 Å². The third kappa shape index (κ3) is 2.45. The van der Waals surface area contributed by atoms with Crippen molar-refractivity contribution < 1.29 is 19.4 Å². The number of para-hydroxylation sites is 2. The number of hydrogen-bond donors (Lipinski definition) is 1. The van der Waals surface area contributed by atoms with E-state index in [1.54, 1.807) is 12.1 Å². The molecule has 0 aliphatic carbocycles. The number of aliphatic carboxylic acids is 1. The average molecular weight is 270 g/mol. The summed E-state index contributed by atoms with van der Waals surface area (Å²) in [5.41, 5.74) is 0.702. The van der Waals surface area contributed by atoms with Gasteiger partial charge in [0.05, 0.1) is 5.92 Å². The van der Waals surface area contributed by atoms with Gasteiger partial charge in [0.1, 0.15) is 11.5 Å². The van der Waals surface area contributed by atoms with Gasteiger partial charge in [0.2, 0.25) is 6.29 Å².